The SMILES string of the molecule is CCC(C)S(=O)(=O)NC(=O)CCn1cccn1. The molecule has 0 aliphatic rings. The maximum absolute atomic E-state index is 11.6. The van der Waals surface area contributed by atoms with E-state index in [9.17, 15) is 13.2 Å². The molecule has 0 aliphatic heterocycles. The number of aromatic nitrogens is 2. The Hall–Kier alpha value is -1.37. The first-order chi connectivity index (χ1) is 7.95. The zero-order valence-corrected chi connectivity index (χ0v) is 10.8. The maximum atomic E-state index is 11.6. The topological polar surface area (TPSA) is 81.1 Å². The molecule has 1 atom stereocenters. The Labute approximate surface area is 101 Å². The van der Waals surface area contributed by atoms with Crippen LogP contribution in [-0.2, 0) is 21.4 Å². The summed E-state index contributed by atoms with van der Waals surface area (Å²) in [5.41, 5.74) is 0. The van der Waals surface area contributed by atoms with E-state index >= 15 is 0 Å². The molecule has 1 heterocycles. The zero-order chi connectivity index (χ0) is 12.9. The summed E-state index contributed by atoms with van der Waals surface area (Å²) in [5.74, 6) is -0.499. The van der Waals surface area contributed by atoms with Gasteiger partial charge in [0.15, 0.2) is 0 Å². The predicted octanol–water partition coefficient (Wildman–Crippen LogP) is 0.518. The summed E-state index contributed by atoms with van der Waals surface area (Å²) < 4.78 is 26.8. The van der Waals surface area contributed by atoms with Gasteiger partial charge < -0.3 is 0 Å². The van der Waals surface area contributed by atoms with Crippen molar-refractivity contribution in [3.8, 4) is 0 Å². The van der Waals surface area contributed by atoms with Crippen molar-refractivity contribution in [2.75, 3.05) is 0 Å². The first-order valence-corrected chi connectivity index (χ1v) is 7.02. The highest BCUT2D eigenvalue weighted by Gasteiger charge is 2.20. The Bertz CT molecular complexity index is 453. The molecule has 0 saturated heterocycles. The third-order valence-corrected chi connectivity index (χ3v) is 4.39. The molecule has 17 heavy (non-hydrogen) atoms. The second-order valence-corrected chi connectivity index (χ2v) is 5.91. The summed E-state index contributed by atoms with van der Waals surface area (Å²) >= 11 is 0. The van der Waals surface area contributed by atoms with Gasteiger partial charge in [0, 0.05) is 25.4 Å². The van der Waals surface area contributed by atoms with Crippen molar-refractivity contribution < 1.29 is 13.2 Å². The van der Waals surface area contributed by atoms with Gasteiger partial charge in [0.1, 0.15) is 0 Å². The van der Waals surface area contributed by atoms with Crippen LogP contribution >= 0.6 is 0 Å². The Morgan fingerprint density at radius 2 is 2.24 bits per heavy atom. The number of aryl methyl sites for hydroxylation is 1. The van der Waals surface area contributed by atoms with Crippen molar-refractivity contribution in [2.24, 2.45) is 0 Å². The number of sulfonamides is 1. The van der Waals surface area contributed by atoms with E-state index in [1.807, 2.05) is 0 Å². The Balaban J connectivity index is 2.45. The Morgan fingerprint density at radius 1 is 1.53 bits per heavy atom. The molecule has 1 aromatic rings. The lowest BCUT2D eigenvalue weighted by Crippen LogP contribution is -2.37. The Morgan fingerprint density at radius 3 is 2.76 bits per heavy atom. The maximum Gasteiger partial charge on any atom is 0.237 e. The molecular formula is C10H17N3O3S. The monoisotopic (exact) mass is 259 g/mol. The quantitative estimate of drug-likeness (QED) is 0.807. The van der Waals surface area contributed by atoms with E-state index in [-0.39, 0.29) is 6.42 Å². The van der Waals surface area contributed by atoms with Crippen molar-refractivity contribution in [1.29, 1.82) is 0 Å². The average Bonchev–Trinajstić information content (AvgIpc) is 2.77. The number of carbonyl (C=O) groups is 1. The second-order valence-electron chi connectivity index (χ2n) is 3.81. The van der Waals surface area contributed by atoms with Gasteiger partial charge in [0.2, 0.25) is 15.9 Å². The van der Waals surface area contributed by atoms with Gasteiger partial charge in [-0.3, -0.25) is 14.2 Å². The normalized spacial score (nSPS) is 13.3. The van der Waals surface area contributed by atoms with Crippen LogP contribution in [-0.4, -0.2) is 29.4 Å². The number of nitrogens with one attached hydrogen (secondary N) is 1. The molecule has 1 rings (SSSR count). The van der Waals surface area contributed by atoms with Crippen LogP contribution in [0.25, 0.3) is 0 Å². The van der Waals surface area contributed by atoms with Gasteiger partial charge in [-0.25, -0.2) is 8.42 Å². The highest BCUT2D eigenvalue weighted by Crippen LogP contribution is 2.03. The molecule has 0 bridgehead atoms. The first-order valence-electron chi connectivity index (χ1n) is 5.47. The van der Waals surface area contributed by atoms with Crippen LogP contribution in [0.15, 0.2) is 18.5 Å². The molecule has 0 radical (unpaired) electrons. The fraction of sp³-hybridized carbons (Fsp3) is 0.600. The van der Waals surface area contributed by atoms with E-state index in [4.69, 9.17) is 0 Å². The van der Waals surface area contributed by atoms with Crippen molar-refractivity contribution in [3.05, 3.63) is 18.5 Å². The van der Waals surface area contributed by atoms with Crippen molar-refractivity contribution in [1.82, 2.24) is 14.5 Å². The zero-order valence-electron chi connectivity index (χ0n) is 9.96. The standard InChI is InChI=1S/C10H17N3O3S/c1-3-9(2)17(15,16)12-10(14)5-8-13-7-4-6-11-13/h4,6-7,9H,3,5,8H2,1-2H3,(H,12,14). The number of hydrogen-bond donors (Lipinski definition) is 1. The molecule has 0 aromatic carbocycles. The van der Waals surface area contributed by atoms with Crippen LogP contribution in [0.2, 0.25) is 0 Å². The number of rotatable bonds is 6. The van der Waals surface area contributed by atoms with Crippen molar-refractivity contribution >= 4 is 15.9 Å². The van der Waals surface area contributed by atoms with Gasteiger partial charge >= 0.3 is 0 Å². The van der Waals surface area contributed by atoms with Gasteiger partial charge in [-0.2, -0.15) is 5.10 Å². The molecule has 1 amide bonds. The third kappa shape index (κ3) is 4.18. The largest absolute Gasteiger partial charge is 0.274 e. The van der Waals surface area contributed by atoms with E-state index in [0.717, 1.165) is 0 Å². The summed E-state index contributed by atoms with van der Waals surface area (Å²) in [6.07, 6.45) is 3.89. The van der Waals surface area contributed by atoms with Gasteiger partial charge in [0.25, 0.3) is 0 Å². The molecule has 1 N–H and O–H groups in total. The molecule has 0 aliphatic carbocycles. The number of carbonyl (C=O) groups excluding carboxylic acids is 1. The Kier molecular flexibility index (Phi) is 4.68. The van der Waals surface area contributed by atoms with E-state index in [0.29, 0.717) is 13.0 Å². The molecule has 6 nitrogen and oxygen atoms in total. The smallest absolute Gasteiger partial charge is 0.237 e. The van der Waals surface area contributed by atoms with E-state index < -0.39 is 21.2 Å². The fourth-order valence-corrected chi connectivity index (χ4v) is 2.24. The number of hydrogen-bond acceptors (Lipinski definition) is 4. The highest BCUT2D eigenvalue weighted by molar-refractivity contribution is 7.90. The molecule has 0 saturated carbocycles. The lowest BCUT2D eigenvalue weighted by atomic mass is 10.4. The lowest BCUT2D eigenvalue weighted by Gasteiger charge is -2.11. The number of amides is 1. The van der Waals surface area contributed by atoms with Gasteiger partial charge in [-0.1, -0.05) is 6.92 Å². The van der Waals surface area contributed by atoms with Crippen LogP contribution in [0.5, 0.6) is 0 Å². The van der Waals surface area contributed by atoms with Crippen LogP contribution in [0.4, 0.5) is 0 Å². The van der Waals surface area contributed by atoms with E-state index in [1.165, 1.54) is 0 Å². The fourth-order valence-electron chi connectivity index (χ4n) is 1.18. The van der Waals surface area contributed by atoms with Gasteiger partial charge in [-0.05, 0) is 19.4 Å². The molecule has 1 unspecified atom stereocenters. The molecule has 0 fully saturated rings. The van der Waals surface area contributed by atoms with Gasteiger partial charge in [-0.15, -0.1) is 0 Å². The number of nitrogens with zero attached hydrogens (tertiary/aromatic N) is 2. The summed E-state index contributed by atoms with van der Waals surface area (Å²) in [6.45, 7) is 3.70. The second kappa shape index (κ2) is 5.81. The van der Waals surface area contributed by atoms with E-state index in [2.05, 4.69) is 9.82 Å². The minimum absolute atomic E-state index is 0.0946. The molecule has 96 valence electrons. The van der Waals surface area contributed by atoms with E-state index in [1.54, 1.807) is 37.0 Å². The van der Waals surface area contributed by atoms with Crippen LogP contribution < -0.4 is 4.72 Å². The lowest BCUT2D eigenvalue weighted by molar-refractivity contribution is -0.119. The van der Waals surface area contributed by atoms with Crippen LogP contribution in [0, 0.1) is 0 Å². The molecule has 0 spiro atoms. The van der Waals surface area contributed by atoms with Crippen molar-refractivity contribution in [2.45, 2.75) is 38.5 Å². The average molecular weight is 259 g/mol. The summed E-state index contributed by atoms with van der Waals surface area (Å²) in [7, 11) is -3.53. The molecule has 1 aromatic heterocycles. The predicted molar refractivity (Wildman–Crippen MR) is 63.7 cm³/mol. The van der Waals surface area contributed by atoms with Crippen LogP contribution in [0.3, 0.4) is 0 Å². The minimum Gasteiger partial charge on any atom is -0.274 e. The third-order valence-electron chi connectivity index (χ3n) is 2.49. The first kappa shape index (κ1) is 13.7. The van der Waals surface area contributed by atoms with Crippen molar-refractivity contribution in [3.63, 3.8) is 0 Å². The summed E-state index contributed by atoms with van der Waals surface area (Å²) in [6, 6.07) is 1.74. The summed E-state index contributed by atoms with van der Waals surface area (Å²) in [5, 5.41) is 3.36. The summed E-state index contributed by atoms with van der Waals surface area (Å²) in [4.78, 5) is 11.4. The van der Waals surface area contributed by atoms with Crippen LogP contribution in [0.1, 0.15) is 26.7 Å². The van der Waals surface area contributed by atoms with Gasteiger partial charge in [0.05, 0.1) is 5.25 Å². The molecular weight excluding hydrogens is 242 g/mol. The minimum atomic E-state index is -3.53. The highest BCUT2D eigenvalue weighted by atomic mass is 32.2. The molecule has 7 heteroatoms.